The van der Waals surface area contributed by atoms with Crippen LogP contribution >= 0.6 is 27.5 Å². The molecule has 0 amide bonds. The van der Waals surface area contributed by atoms with E-state index in [1.54, 1.807) is 0 Å². The van der Waals surface area contributed by atoms with Crippen molar-refractivity contribution in [3.05, 3.63) is 34.3 Å². The summed E-state index contributed by atoms with van der Waals surface area (Å²) in [6.45, 7) is 0. The molecule has 0 unspecified atom stereocenters. The number of halogens is 5. The molecule has 0 aromatic heterocycles. The molecule has 0 aliphatic rings. The van der Waals surface area contributed by atoms with Gasteiger partial charge in [0.1, 0.15) is 5.78 Å². The molecule has 0 saturated carbocycles. The highest BCUT2D eigenvalue weighted by molar-refractivity contribution is 9.09. The van der Waals surface area contributed by atoms with Crippen LogP contribution in [0, 0.1) is 0 Å². The average molecular weight is 316 g/mol. The highest BCUT2D eigenvalue weighted by Crippen LogP contribution is 2.37. The number of ketones is 1. The third kappa shape index (κ3) is 3.22. The first-order valence-electron chi connectivity index (χ1n) is 4.28. The average Bonchev–Trinajstić information content (AvgIpc) is 2.15. The Bertz CT molecular complexity index is 404. The summed E-state index contributed by atoms with van der Waals surface area (Å²) >= 11 is 8.40. The molecule has 0 aliphatic carbocycles. The third-order valence-electron chi connectivity index (χ3n) is 1.92. The van der Waals surface area contributed by atoms with Crippen LogP contribution in [0.4, 0.5) is 13.2 Å². The Hall–Kier alpha value is -0.550. The maximum Gasteiger partial charge on any atom is 0.418 e. The first kappa shape index (κ1) is 13.5. The number of hydrogen-bond donors (Lipinski definition) is 0. The molecule has 6 heteroatoms. The van der Waals surface area contributed by atoms with Crippen LogP contribution in [-0.2, 0) is 17.4 Å². The van der Waals surface area contributed by atoms with Crippen molar-refractivity contribution >= 4 is 33.3 Å². The van der Waals surface area contributed by atoms with Gasteiger partial charge in [-0.2, -0.15) is 13.2 Å². The second-order valence-electron chi connectivity index (χ2n) is 3.12. The van der Waals surface area contributed by atoms with Gasteiger partial charge in [-0.3, -0.25) is 4.79 Å². The van der Waals surface area contributed by atoms with Crippen molar-refractivity contribution in [3.63, 3.8) is 0 Å². The van der Waals surface area contributed by atoms with E-state index in [-0.39, 0.29) is 28.1 Å². The molecule has 1 aromatic carbocycles. The molecule has 1 aromatic rings. The number of alkyl halides is 4. The van der Waals surface area contributed by atoms with Crippen molar-refractivity contribution in [2.24, 2.45) is 0 Å². The van der Waals surface area contributed by atoms with Gasteiger partial charge >= 0.3 is 6.18 Å². The number of carbonyl (C=O) groups excluding carboxylic acids is 1. The van der Waals surface area contributed by atoms with Crippen LogP contribution in [0.3, 0.4) is 0 Å². The first-order chi connectivity index (χ1) is 7.36. The first-order valence-corrected chi connectivity index (χ1v) is 5.78. The largest absolute Gasteiger partial charge is 0.418 e. The molecule has 0 heterocycles. The summed E-state index contributed by atoms with van der Waals surface area (Å²) in [5, 5.41) is -0.357. The second kappa shape index (κ2) is 5.19. The van der Waals surface area contributed by atoms with E-state index in [2.05, 4.69) is 15.9 Å². The van der Waals surface area contributed by atoms with Gasteiger partial charge in [-0.1, -0.05) is 39.7 Å². The van der Waals surface area contributed by atoms with Crippen molar-refractivity contribution in [1.29, 1.82) is 0 Å². The number of benzene rings is 1. The third-order valence-corrected chi connectivity index (χ3v) is 2.86. The maximum atomic E-state index is 12.7. The molecule has 88 valence electrons. The molecule has 0 saturated heterocycles. The summed E-state index contributed by atoms with van der Waals surface area (Å²) in [6, 6.07) is 3.82. The lowest BCUT2D eigenvalue weighted by Crippen LogP contribution is -2.13. The Morgan fingerprint density at radius 2 is 2.00 bits per heavy atom. The predicted octanol–water partition coefficient (Wildman–Crippen LogP) is 3.87. The van der Waals surface area contributed by atoms with E-state index in [0.29, 0.717) is 0 Å². The Kier molecular flexibility index (Phi) is 4.38. The molecule has 1 rings (SSSR count). The fraction of sp³-hybridized carbons (Fsp3) is 0.300. The van der Waals surface area contributed by atoms with Crippen molar-refractivity contribution in [3.8, 4) is 0 Å². The number of Topliss-reactive ketones (excluding diaryl/α,β-unsaturated/α-hetero) is 1. The molecule has 0 N–H and O–H groups in total. The van der Waals surface area contributed by atoms with E-state index >= 15 is 0 Å². The van der Waals surface area contributed by atoms with E-state index in [9.17, 15) is 18.0 Å². The van der Waals surface area contributed by atoms with Gasteiger partial charge in [-0.25, -0.2) is 0 Å². The molecule has 0 atom stereocenters. The highest BCUT2D eigenvalue weighted by Gasteiger charge is 2.35. The molecule has 0 aliphatic heterocycles. The monoisotopic (exact) mass is 314 g/mol. The number of carbonyl (C=O) groups is 1. The van der Waals surface area contributed by atoms with Crippen LogP contribution in [0.2, 0.25) is 5.02 Å². The van der Waals surface area contributed by atoms with Crippen LogP contribution in [0.25, 0.3) is 0 Å². The molecule has 16 heavy (non-hydrogen) atoms. The van der Waals surface area contributed by atoms with Gasteiger partial charge in [0.25, 0.3) is 0 Å². The lowest BCUT2D eigenvalue weighted by atomic mass is 10.0. The Morgan fingerprint density at radius 3 is 2.50 bits per heavy atom. The van der Waals surface area contributed by atoms with Gasteiger partial charge in [-0.15, -0.1) is 0 Å². The Morgan fingerprint density at radius 1 is 1.38 bits per heavy atom. The molecular weight excluding hydrogens is 308 g/mol. The fourth-order valence-corrected chi connectivity index (χ4v) is 1.79. The topological polar surface area (TPSA) is 17.1 Å². The van der Waals surface area contributed by atoms with E-state index in [1.807, 2.05) is 0 Å². The molecule has 1 nitrogen and oxygen atoms in total. The minimum absolute atomic E-state index is 0.0246. The van der Waals surface area contributed by atoms with Gasteiger partial charge in [-0.05, 0) is 11.6 Å². The zero-order chi connectivity index (χ0) is 12.3. The quantitative estimate of drug-likeness (QED) is 0.774. The summed E-state index contributed by atoms with van der Waals surface area (Å²) in [4.78, 5) is 11.1. The van der Waals surface area contributed by atoms with Crippen LogP contribution in [0.15, 0.2) is 18.2 Å². The van der Waals surface area contributed by atoms with E-state index in [4.69, 9.17) is 11.6 Å². The van der Waals surface area contributed by atoms with Crippen molar-refractivity contribution < 1.29 is 18.0 Å². The van der Waals surface area contributed by atoms with Crippen molar-refractivity contribution in [2.45, 2.75) is 12.6 Å². The minimum Gasteiger partial charge on any atom is -0.298 e. The zero-order valence-corrected chi connectivity index (χ0v) is 10.3. The molecule has 0 fully saturated rings. The summed E-state index contributed by atoms with van der Waals surface area (Å²) in [5.41, 5.74) is -1.02. The fourth-order valence-electron chi connectivity index (χ4n) is 1.29. The Balaban J connectivity index is 3.18. The van der Waals surface area contributed by atoms with Crippen LogP contribution in [-0.4, -0.2) is 11.1 Å². The smallest absolute Gasteiger partial charge is 0.298 e. The van der Waals surface area contributed by atoms with Crippen molar-refractivity contribution in [1.82, 2.24) is 0 Å². The zero-order valence-electron chi connectivity index (χ0n) is 7.94. The van der Waals surface area contributed by atoms with Gasteiger partial charge in [0.2, 0.25) is 0 Å². The lowest BCUT2D eigenvalue weighted by Gasteiger charge is -2.13. The van der Waals surface area contributed by atoms with E-state index < -0.39 is 11.7 Å². The standard InChI is InChI=1S/C10H7BrClF3O/c11-5-7(16)4-6-2-1-3-8(12)9(6)10(13,14)15/h1-3H,4-5H2. The van der Waals surface area contributed by atoms with Gasteiger partial charge < -0.3 is 0 Å². The molecule has 0 spiro atoms. The normalized spacial score (nSPS) is 11.6. The maximum absolute atomic E-state index is 12.7. The Labute approximate surface area is 104 Å². The molecule has 0 radical (unpaired) electrons. The van der Waals surface area contributed by atoms with Crippen molar-refractivity contribution in [2.75, 3.05) is 5.33 Å². The van der Waals surface area contributed by atoms with Crippen LogP contribution in [0.1, 0.15) is 11.1 Å². The SMILES string of the molecule is O=C(CBr)Cc1cccc(Cl)c1C(F)(F)F. The van der Waals surface area contributed by atoms with Gasteiger partial charge in [0.15, 0.2) is 0 Å². The highest BCUT2D eigenvalue weighted by atomic mass is 79.9. The molecular formula is C10H7BrClF3O. The predicted molar refractivity (Wildman–Crippen MR) is 59.0 cm³/mol. The summed E-state index contributed by atoms with van der Waals surface area (Å²) < 4.78 is 38.0. The second-order valence-corrected chi connectivity index (χ2v) is 4.09. The summed E-state index contributed by atoms with van der Waals surface area (Å²) in [5.74, 6) is -0.326. The van der Waals surface area contributed by atoms with E-state index in [1.165, 1.54) is 12.1 Å². The van der Waals surface area contributed by atoms with Crippen LogP contribution < -0.4 is 0 Å². The molecule has 0 bridgehead atoms. The minimum atomic E-state index is -4.54. The number of hydrogen-bond acceptors (Lipinski definition) is 1. The van der Waals surface area contributed by atoms with Crippen LogP contribution in [0.5, 0.6) is 0 Å². The number of rotatable bonds is 3. The summed E-state index contributed by atoms with van der Waals surface area (Å²) in [7, 11) is 0. The lowest BCUT2D eigenvalue weighted by molar-refractivity contribution is -0.138. The van der Waals surface area contributed by atoms with E-state index in [0.717, 1.165) is 6.07 Å². The van der Waals surface area contributed by atoms with Gasteiger partial charge in [0, 0.05) is 6.42 Å². The van der Waals surface area contributed by atoms with Gasteiger partial charge in [0.05, 0.1) is 15.9 Å². The summed E-state index contributed by atoms with van der Waals surface area (Å²) in [6.07, 6.45) is -4.82.